The number of hydrogen-bond donors (Lipinski definition) is 1. The van der Waals surface area contributed by atoms with Crippen molar-refractivity contribution in [2.45, 2.75) is 72.5 Å². The standard InChI is InChI=1S/C27H38FN3O4S/c1-7-21(4)29-27(33)22(5)30(18-23-11-8-9-12-25(23)28)26(32)13-10-14-31(36(6,34)35)24-16-19(2)15-20(3)17-24/h8-9,11-12,15-17,21-22H,7,10,13-14,18H2,1-6H3,(H,29,33). The van der Waals surface area contributed by atoms with Gasteiger partial charge >= 0.3 is 0 Å². The highest BCUT2D eigenvalue weighted by molar-refractivity contribution is 7.92. The Kier molecular flexibility index (Phi) is 10.5. The molecule has 0 radical (unpaired) electrons. The molecule has 2 aromatic rings. The van der Waals surface area contributed by atoms with Crippen LogP contribution in [0, 0.1) is 19.7 Å². The number of benzene rings is 2. The number of hydrogen-bond acceptors (Lipinski definition) is 4. The Morgan fingerprint density at radius 1 is 1.06 bits per heavy atom. The molecule has 0 aliphatic rings. The van der Waals surface area contributed by atoms with E-state index in [1.54, 1.807) is 37.3 Å². The summed E-state index contributed by atoms with van der Waals surface area (Å²) < 4.78 is 40.7. The number of nitrogens with zero attached hydrogens (tertiary/aromatic N) is 2. The summed E-state index contributed by atoms with van der Waals surface area (Å²) in [5.74, 6) is -1.12. The van der Waals surface area contributed by atoms with E-state index in [4.69, 9.17) is 0 Å². The van der Waals surface area contributed by atoms with Crippen LogP contribution in [-0.4, -0.2) is 50.0 Å². The average molecular weight is 520 g/mol. The highest BCUT2D eigenvalue weighted by Crippen LogP contribution is 2.22. The van der Waals surface area contributed by atoms with Gasteiger partial charge in [0.15, 0.2) is 0 Å². The molecule has 2 atom stereocenters. The zero-order chi connectivity index (χ0) is 27.0. The highest BCUT2D eigenvalue weighted by atomic mass is 32.2. The molecule has 0 aromatic heterocycles. The van der Waals surface area contributed by atoms with Crippen LogP contribution in [0.25, 0.3) is 0 Å². The van der Waals surface area contributed by atoms with E-state index in [1.807, 2.05) is 33.8 Å². The fourth-order valence-corrected chi connectivity index (χ4v) is 4.91. The Morgan fingerprint density at radius 3 is 2.22 bits per heavy atom. The highest BCUT2D eigenvalue weighted by Gasteiger charge is 2.28. The Labute approximate surface area is 214 Å². The Bertz CT molecular complexity index is 1150. The average Bonchev–Trinajstić information content (AvgIpc) is 2.79. The zero-order valence-electron chi connectivity index (χ0n) is 22.0. The van der Waals surface area contributed by atoms with Gasteiger partial charge in [0.2, 0.25) is 21.8 Å². The van der Waals surface area contributed by atoms with Crippen molar-refractivity contribution in [2.24, 2.45) is 0 Å². The third kappa shape index (κ3) is 8.33. The van der Waals surface area contributed by atoms with Gasteiger partial charge in [-0.15, -0.1) is 0 Å². The van der Waals surface area contributed by atoms with Crippen molar-refractivity contribution in [1.29, 1.82) is 0 Å². The normalized spacial score (nSPS) is 13.1. The maximum absolute atomic E-state index is 14.4. The van der Waals surface area contributed by atoms with E-state index >= 15 is 0 Å². The van der Waals surface area contributed by atoms with E-state index in [0.29, 0.717) is 11.3 Å². The number of rotatable bonds is 12. The molecule has 0 heterocycles. The van der Waals surface area contributed by atoms with E-state index in [2.05, 4.69) is 5.32 Å². The largest absolute Gasteiger partial charge is 0.352 e. The number of halogens is 1. The molecule has 198 valence electrons. The second-order valence-corrected chi connectivity index (χ2v) is 11.3. The maximum atomic E-state index is 14.4. The number of aryl methyl sites for hydroxylation is 2. The van der Waals surface area contributed by atoms with E-state index in [0.717, 1.165) is 23.8 Å². The first kappa shape index (κ1) is 29.3. The summed E-state index contributed by atoms with van der Waals surface area (Å²) in [6.07, 6.45) is 2.12. The fraction of sp³-hybridized carbons (Fsp3) is 0.481. The second kappa shape index (κ2) is 12.9. The lowest BCUT2D eigenvalue weighted by Crippen LogP contribution is -2.49. The minimum absolute atomic E-state index is 0.00617. The topological polar surface area (TPSA) is 86.8 Å². The van der Waals surface area contributed by atoms with Crippen molar-refractivity contribution in [2.75, 3.05) is 17.1 Å². The quantitative estimate of drug-likeness (QED) is 0.453. The van der Waals surface area contributed by atoms with Crippen molar-refractivity contribution in [3.63, 3.8) is 0 Å². The van der Waals surface area contributed by atoms with Crippen molar-refractivity contribution < 1.29 is 22.4 Å². The molecule has 0 saturated carbocycles. The third-order valence-electron chi connectivity index (χ3n) is 6.11. The van der Waals surface area contributed by atoms with Gasteiger partial charge < -0.3 is 10.2 Å². The molecule has 2 amide bonds. The summed E-state index contributed by atoms with van der Waals surface area (Å²) in [4.78, 5) is 27.5. The van der Waals surface area contributed by atoms with Gasteiger partial charge in [0.25, 0.3) is 0 Å². The van der Waals surface area contributed by atoms with Gasteiger partial charge in [-0.05, 0) is 69.9 Å². The SMILES string of the molecule is CCC(C)NC(=O)C(C)N(Cc1ccccc1F)C(=O)CCCN(c1cc(C)cc(C)c1)S(C)(=O)=O. The smallest absolute Gasteiger partial charge is 0.242 e. The molecule has 1 N–H and O–H groups in total. The minimum atomic E-state index is -3.58. The number of nitrogens with one attached hydrogen (secondary N) is 1. The summed E-state index contributed by atoms with van der Waals surface area (Å²) in [5.41, 5.74) is 2.73. The van der Waals surface area contributed by atoms with Crippen LogP contribution in [0.3, 0.4) is 0 Å². The predicted octanol–water partition coefficient (Wildman–Crippen LogP) is 4.32. The van der Waals surface area contributed by atoms with E-state index in [1.165, 1.54) is 15.3 Å². The molecule has 0 aliphatic heterocycles. The lowest BCUT2D eigenvalue weighted by molar-refractivity contribution is -0.141. The number of amides is 2. The zero-order valence-corrected chi connectivity index (χ0v) is 22.9. The monoisotopic (exact) mass is 519 g/mol. The molecule has 7 nitrogen and oxygen atoms in total. The lowest BCUT2D eigenvalue weighted by Gasteiger charge is -2.30. The van der Waals surface area contributed by atoms with E-state index < -0.39 is 21.9 Å². The van der Waals surface area contributed by atoms with Gasteiger partial charge in [-0.3, -0.25) is 13.9 Å². The Hall–Kier alpha value is -2.94. The molecule has 0 bridgehead atoms. The molecule has 0 spiro atoms. The van der Waals surface area contributed by atoms with Crippen molar-refractivity contribution >= 4 is 27.5 Å². The lowest BCUT2D eigenvalue weighted by atomic mass is 10.1. The maximum Gasteiger partial charge on any atom is 0.242 e. The van der Waals surface area contributed by atoms with Crippen LogP contribution in [0.15, 0.2) is 42.5 Å². The molecule has 0 fully saturated rings. The molecule has 0 saturated heterocycles. The molecular weight excluding hydrogens is 481 g/mol. The van der Waals surface area contributed by atoms with Gasteiger partial charge in [-0.2, -0.15) is 0 Å². The summed E-state index contributed by atoms with van der Waals surface area (Å²) in [7, 11) is -3.58. The summed E-state index contributed by atoms with van der Waals surface area (Å²) in [5, 5.41) is 2.88. The van der Waals surface area contributed by atoms with Gasteiger partial charge in [-0.1, -0.05) is 31.2 Å². The van der Waals surface area contributed by atoms with Crippen molar-refractivity contribution in [3.05, 3.63) is 65.0 Å². The molecule has 36 heavy (non-hydrogen) atoms. The van der Waals surface area contributed by atoms with Gasteiger partial charge in [0.05, 0.1) is 11.9 Å². The Morgan fingerprint density at radius 2 is 1.67 bits per heavy atom. The van der Waals surface area contributed by atoms with Crippen LogP contribution < -0.4 is 9.62 Å². The number of anilines is 1. The van der Waals surface area contributed by atoms with E-state index in [9.17, 15) is 22.4 Å². The summed E-state index contributed by atoms with van der Waals surface area (Å²) in [6, 6.07) is 10.8. The van der Waals surface area contributed by atoms with Crippen molar-refractivity contribution in [1.82, 2.24) is 10.2 Å². The Balaban J connectivity index is 2.21. The third-order valence-corrected chi connectivity index (χ3v) is 7.31. The van der Waals surface area contributed by atoms with Crippen LogP contribution in [0.4, 0.5) is 10.1 Å². The van der Waals surface area contributed by atoms with Crippen LogP contribution >= 0.6 is 0 Å². The number of carbonyl (C=O) groups excluding carboxylic acids is 2. The first-order chi connectivity index (χ1) is 16.8. The summed E-state index contributed by atoms with van der Waals surface area (Å²) >= 11 is 0. The molecule has 2 rings (SSSR count). The second-order valence-electron chi connectivity index (χ2n) is 9.39. The van der Waals surface area contributed by atoms with Gasteiger partial charge in [-0.25, -0.2) is 12.8 Å². The van der Waals surface area contributed by atoms with Crippen LogP contribution in [-0.2, 0) is 26.2 Å². The molecule has 0 aliphatic carbocycles. The first-order valence-electron chi connectivity index (χ1n) is 12.2. The molecule has 2 unspecified atom stereocenters. The molecule has 2 aromatic carbocycles. The first-order valence-corrected chi connectivity index (χ1v) is 14.1. The molecule has 9 heteroatoms. The van der Waals surface area contributed by atoms with Crippen molar-refractivity contribution in [3.8, 4) is 0 Å². The minimum Gasteiger partial charge on any atom is -0.352 e. The fourth-order valence-electron chi connectivity index (χ4n) is 3.96. The summed E-state index contributed by atoms with van der Waals surface area (Å²) in [6.45, 7) is 9.28. The number of carbonyl (C=O) groups is 2. The van der Waals surface area contributed by atoms with Crippen LogP contribution in [0.1, 0.15) is 56.7 Å². The number of sulfonamides is 1. The van der Waals surface area contributed by atoms with Gasteiger partial charge in [0.1, 0.15) is 11.9 Å². The van der Waals surface area contributed by atoms with Crippen LogP contribution in [0.5, 0.6) is 0 Å². The van der Waals surface area contributed by atoms with E-state index in [-0.39, 0.29) is 43.8 Å². The van der Waals surface area contributed by atoms with Crippen LogP contribution in [0.2, 0.25) is 0 Å². The predicted molar refractivity (Wildman–Crippen MR) is 142 cm³/mol. The molecular formula is C27H38FN3O4S. The van der Waals surface area contributed by atoms with Gasteiger partial charge in [0, 0.05) is 31.1 Å².